The zero-order valence-corrected chi connectivity index (χ0v) is 25.1. The summed E-state index contributed by atoms with van der Waals surface area (Å²) < 4.78 is 11.6. The van der Waals surface area contributed by atoms with Crippen molar-refractivity contribution in [1.29, 1.82) is 0 Å². The number of ketones is 1. The molecular formula is C35H44N2O7. The fourth-order valence-corrected chi connectivity index (χ4v) is 6.70. The van der Waals surface area contributed by atoms with Crippen LogP contribution in [0, 0.1) is 5.92 Å². The zero-order valence-electron chi connectivity index (χ0n) is 25.1. The molecule has 0 unspecified atom stereocenters. The second-order valence-corrected chi connectivity index (χ2v) is 12.0. The van der Waals surface area contributed by atoms with Gasteiger partial charge in [-0.1, -0.05) is 36.4 Å². The molecule has 7 N–H and O–H groups in total. The Labute approximate surface area is 258 Å². The van der Waals surface area contributed by atoms with Crippen molar-refractivity contribution in [2.45, 2.75) is 75.9 Å². The fraction of sp³-hybridized carbons (Fsp3) is 0.457. The number of phenols is 3. The molecule has 236 valence electrons. The molecule has 1 saturated heterocycles. The Balaban J connectivity index is 1.33. The number of carbonyl (C=O) groups excluding carboxylic acids is 1. The smallest absolute Gasteiger partial charge is 0.200 e. The van der Waals surface area contributed by atoms with Gasteiger partial charge in [0.05, 0.1) is 6.10 Å². The lowest BCUT2D eigenvalue weighted by atomic mass is 9.70. The minimum Gasteiger partial charge on any atom is -0.504 e. The number of aryl methyl sites for hydroxylation is 1. The van der Waals surface area contributed by atoms with Gasteiger partial charge in [-0.3, -0.25) is 10.5 Å². The van der Waals surface area contributed by atoms with Crippen LogP contribution in [-0.2, 0) is 24.1 Å². The first-order valence-corrected chi connectivity index (χ1v) is 15.7. The van der Waals surface area contributed by atoms with Gasteiger partial charge >= 0.3 is 0 Å². The van der Waals surface area contributed by atoms with Crippen LogP contribution in [0.3, 0.4) is 0 Å². The first-order valence-electron chi connectivity index (χ1n) is 15.7. The minimum atomic E-state index is -0.877. The first kappa shape index (κ1) is 31.6. The number of ether oxygens (including phenoxy) is 2. The normalized spacial score (nSPS) is 19.2. The number of Topliss-reactive ketones (excluding diaryl/α,β-unsaturated/α-hetero) is 1. The summed E-state index contributed by atoms with van der Waals surface area (Å²) in [4.78, 5) is 13.0. The number of rotatable bonds is 13. The van der Waals surface area contributed by atoms with Gasteiger partial charge in [0.25, 0.3) is 0 Å². The van der Waals surface area contributed by atoms with Crippen molar-refractivity contribution in [3.63, 3.8) is 0 Å². The Kier molecular flexibility index (Phi) is 10.6. The van der Waals surface area contributed by atoms with Crippen LogP contribution < -0.4 is 20.5 Å². The number of phenolic OH excluding ortho intramolecular Hbond substituents is 3. The van der Waals surface area contributed by atoms with Crippen LogP contribution >= 0.6 is 0 Å². The lowest BCUT2D eigenvalue weighted by molar-refractivity contribution is -0.121. The third-order valence-electron chi connectivity index (χ3n) is 8.96. The average Bonchev–Trinajstić information content (AvgIpc) is 3.02. The van der Waals surface area contributed by atoms with Crippen molar-refractivity contribution in [2.75, 3.05) is 19.8 Å². The number of nitrogens with two attached hydrogens (primary N) is 1. The Hall–Kier alpha value is -3.79. The van der Waals surface area contributed by atoms with E-state index in [0.29, 0.717) is 25.0 Å². The average molecular weight is 605 g/mol. The molecule has 0 bridgehead atoms. The maximum atomic E-state index is 13.0. The summed E-state index contributed by atoms with van der Waals surface area (Å²) in [6.07, 6.45) is 4.06. The fourth-order valence-electron chi connectivity index (χ4n) is 6.70. The van der Waals surface area contributed by atoms with Crippen LogP contribution in [-0.4, -0.2) is 58.2 Å². The molecule has 0 saturated carbocycles. The van der Waals surface area contributed by atoms with E-state index in [-0.39, 0.29) is 66.3 Å². The highest BCUT2D eigenvalue weighted by atomic mass is 16.5. The number of nitrogens with one attached hydrogen (secondary N) is 1. The van der Waals surface area contributed by atoms with Crippen molar-refractivity contribution < 1.29 is 34.7 Å². The molecule has 0 radical (unpaired) electrons. The first-order chi connectivity index (χ1) is 21.3. The summed E-state index contributed by atoms with van der Waals surface area (Å²) in [7, 11) is 0. The summed E-state index contributed by atoms with van der Waals surface area (Å²) >= 11 is 0. The lowest BCUT2D eigenvalue weighted by Gasteiger charge is -2.37. The molecule has 1 aliphatic carbocycles. The van der Waals surface area contributed by atoms with Gasteiger partial charge in [-0.25, -0.2) is 0 Å². The Morgan fingerprint density at radius 1 is 0.977 bits per heavy atom. The summed E-state index contributed by atoms with van der Waals surface area (Å²) in [5.41, 5.74) is 9.21. The van der Waals surface area contributed by atoms with Crippen molar-refractivity contribution in [3.05, 3.63) is 76.9 Å². The molecule has 0 aromatic heterocycles. The van der Waals surface area contributed by atoms with Crippen LogP contribution in [0.25, 0.3) is 0 Å². The number of aliphatic hydroxyl groups excluding tert-OH is 1. The molecule has 0 amide bonds. The molecule has 2 aliphatic rings. The van der Waals surface area contributed by atoms with Gasteiger partial charge in [-0.15, -0.1) is 0 Å². The van der Waals surface area contributed by atoms with Gasteiger partial charge in [0.15, 0.2) is 23.0 Å². The minimum absolute atomic E-state index is 0.0105. The van der Waals surface area contributed by atoms with Gasteiger partial charge < -0.3 is 35.2 Å². The number of carbonyl (C=O) groups is 1. The summed E-state index contributed by atoms with van der Waals surface area (Å²) in [5.74, 6) is 0.125. The highest BCUT2D eigenvalue weighted by Gasteiger charge is 2.36. The SMILES string of the molecule is NCOc1cc(CCC(=O)C[C@H](O)C[C@H]2c3cc(O)c(O)c(OC4CCNCC4)c3CC[C@H]2Cc2ccccc2)ccc1O. The van der Waals surface area contributed by atoms with Crippen LogP contribution in [0.15, 0.2) is 54.6 Å². The number of aromatic hydroxyl groups is 3. The third-order valence-corrected chi connectivity index (χ3v) is 8.96. The molecule has 1 aliphatic heterocycles. The van der Waals surface area contributed by atoms with E-state index in [4.69, 9.17) is 15.2 Å². The van der Waals surface area contributed by atoms with Crippen LogP contribution in [0.4, 0.5) is 0 Å². The molecular weight excluding hydrogens is 560 g/mol. The highest BCUT2D eigenvalue weighted by molar-refractivity contribution is 5.79. The summed E-state index contributed by atoms with van der Waals surface area (Å²) in [6, 6.07) is 16.8. The van der Waals surface area contributed by atoms with Crippen molar-refractivity contribution in [2.24, 2.45) is 11.7 Å². The largest absolute Gasteiger partial charge is 0.504 e. The molecule has 3 aromatic rings. The second-order valence-electron chi connectivity index (χ2n) is 12.0. The van der Waals surface area contributed by atoms with Crippen LogP contribution in [0.5, 0.6) is 28.7 Å². The summed E-state index contributed by atoms with van der Waals surface area (Å²) in [5, 5.41) is 46.2. The van der Waals surface area contributed by atoms with Gasteiger partial charge in [0.2, 0.25) is 5.75 Å². The van der Waals surface area contributed by atoms with Crippen LogP contribution in [0.1, 0.15) is 66.7 Å². The quantitative estimate of drug-likeness (QED) is 0.123. The number of hydrogen-bond donors (Lipinski definition) is 6. The Bertz CT molecular complexity index is 1410. The molecule has 0 spiro atoms. The third kappa shape index (κ3) is 7.83. The molecule has 1 fully saturated rings. The van der Waals surface area contributed by atoms with E-state index >= 15 is 0 Å². The van der Waals surface area contributed by atoms with Crippen molar-refractivity contribution >= 4 is 5.78 Å². The maximum Gasteiger partial charge on any atom is 0.200 e. The predicted octanol–water partition coefficient (Wildman–Crippen LogP) is 4.46. The molecule has 3 atom stereocenters. The van der Waals surface area contributed by atoms with E-state index < -0.39 is 6.10 Å². The molecule has 1 heterocycles. The molecule has 9 heteroatoms. The van der Waals surface area contributed by atoms with Gasteiger partial charge in [-0.2, -0.15) is 0 Å². The van der Waals surface area contributed by atoms with Gasteiger partial charge in [0, 0.05) is 18.4 Å². The molecule has 44 heavy (non-hydrogen) atoms. The van der Waals surface area contributed by atoms with E-state index in [1.807, 2.05) is 18.2 Å². The van der Waals surface area contributed by atoms with E-state index in [2.05, 4.69) is 17.4 Å². The maximum absolute atomic E-state index is 13.0. The van der Waals surface area contributed by atoms with Gasteiger partial charge in [-0.05, 0) is 105 Å². The van der Waals surface area contributed by atoms with Crippen molar-refractivity contribution in [3.8, 4) is 28.7 Å². The zero-order chi connectivity index (χ0) is 31.1. The topological polar surface area (TPSA) is 154 Å². The Morgan fingerprint density at radius 2 is 1.75 bits per heavy atom. The van der Waals surface area contributed by atoms with E-state index in [1.54, 1.807) is 18.2 Å². The number of aliphatic hydroxyl groups is 1. The number of fused-ring (bicyclic) bond motifs is 1. The van der Waals surface area contributed by atoms with Gasteiger partial charge in [0.1, 0.15) is 18.6 Å². The van der Waals surface area contributed by atoms with Crippen LogP contribution in [0.2, 0.25) is 0 Å². The Morgan fingerprint density at radius 3 is 2.50 bits per heavy atom. The van der Waals surface area contributed by atoms with E-state index in [1.165, 1.54) is 11.6 Å². The second kappa shape index (κ2) is 14.8. The molecule has 9 nitrogen and oxygen atoms in total. The molecule has 5 rings (SSSR count). The van der Waals surface area contributed by atoms with E-state index in [0.717, 1.165) is 55.5 Å². The highest BCUT2D eigenvalue weighted by Crippen LogP contribution is 2.50. The summed E-state index contributed by atoms with van der Waals surface area (Å²) in [6.45, 7) is 1.61. The number of benzene rings is 3. The van der Waals surface area contributed by atoms with Crippen molar-refractivity contribution in [1.82, 2.24) is 5.32 Å². The number of hydrogen-bond acceptors (Lipinski definition) is 9. The predicted molar refractivity (Wildman–Crippen MR) is 167 cm³/mol. The monoisotopic (exact) mass is 604 g/mol. The number of piperidine rings is 1. The lowest BCUT2D eigenvalue weighted by Crippen LogP contribution is -2.34. The standard InChI is InChI=1S/C35H44N2O7/c36-21-43-33-17-23(7-11-31(33)40)6-9-25(38)18-26(39)19-29-24(16-22-4-2-1-3-5-22)8-10-28-30(29)20-32(41)34(42)35(28)44-27-12-14-37-15-13-27/h1-5,7,11,17,20,24,26-27,29,37,39-42H,6,8-10,12-16,18-19,21,36H2/t24-,26-,29+/m0/s1. The van der Waals surface area contributed by atoms with E-state index in [9.17, 15) is 25.2 Å². The molecule has 3 aromatic carbocycles.